The van der Waals surface area contributed by atoms with Gasteiger partial charge in [0.05, 0.1) is 4.90 Å². The molecule has 0 aromatic heterocycles. The predicted molar refractivity (Wildman–Crippen MR) is 82.7 cm³/mol. The summed E-state index contributed by atoms with van der Waals surface area (Å²) in [6, 6.07) is 5.40. The Morgan fingerprint density at radius 2 is 1.95 bits per heavy atom. The quantitative estimate of drug-likeness (QED) is 0.866. The Balaban J connectivity index is 2.29. The Morgan fingerprint density at radius 1 is 1.29 bits per heavy atom. The van der Waals surface area contributed by atoms with E-state index in [1.54, 1.807) is 12.1 Å². The highest BCUT2D eigenvalue weighted by atomic mass is 32.2. The topological polar surface area (TPSA) is 67.4 Å². The van der Waals surface area contributed by atoms with E-state index in [-0.39, 0.29) is 0 Å². The van der Waals surface area contributed by atoms with Gasteiger partial charge in [0.1, 0.15) is 0 Å². The van der Waals surface area contributed by atoms with Crippen molar-refractivity contribution in [2.75, 3.05) is 20.3 Å². The molecule has 1 aliphatic rings. The first kappa shape index (κ1) is 16.4. The van der Waals surface area contributed by atoms with Crippen molar-refractivity contribution in [3.05, 3.63) is 29.3 Å². The van der Waals surface area contributed by atoms with E-state index in [0.717, 1.165) is 11.1 Å². The van der Waals surface area contributed by atoms with Gasteiger partial charge in [0, 0.05) is 25.3 Å². The van der Waals surface area contributed by atoms with Crippen LogP contribution in [0.1, 0.15) is 30.9 Å². The summed E-state index contributed by atoms with van der Waals surface area (Å²) >= 11 is 0. The standard InChI is InChI=1S/C15H24N2O3S/c1-12-13(11-16-3)5-4-6-14(12)21(18,19)17-15(2)7-9-20-10-8-15/h4-6,16-17H,7-11H2,1-3H3. The molecule has 21 heavy (non-hydrogen) atoms. The molecule has 6 heteroatoms. The van der Waals surface area contributed by atoms with E-state index < -0.39 is 15.6 Å². The van der Waals surface area contributed by atoms with Crippen LogP contribution in [0.15, 0.2) is 23.1 Å². The molecule has 2 N–H and O–H groups in total. The zero-order valence-corrected chi connectivity index (χ0v) is 13.7. The number of ether oxygens (including phenoxy) is 1. The van der Waals surface area contributed by atoms with Gasteiger partial charge in [-0.2, -0.15) is 0 Å². The first-order valence-corrected chi connectivity index (χ1v) is 8.71. The van der Waals surface area contributed by atoms with Gasteiger partial charge in [0.15, 0.2) is 0 Å². The van der Waals surface area contributed by atoms with E-state index in [4.69, 9.17) is 4.74 Å². The van der Waals surface area contributed by atoms with Crippen molar-refractivity contribution in [2.24, 2.45) is 0 Å². The summed E-state index contributed by atoms with van der Waals surface area (Å²) in [6.07, 6.45) is 1.39. The molecule has 0 unspecified atom stereocenters. The molecule has 1 aliphatic heterocycles. The van der Waals surface area contributed by atoms with Crippen LogP contribution in [0.25, 0.3) is 0 Å². The molecule has 2 rings (SSSR count). The van der Waals surface area contributed by atoms with Crippen LogP contribution in [0.4, 0.5) is 0 Å². The van der Waals surface area contributed by atoms with Crippen LogP contribution >= 0.6 is 0 Å². The van der Waals surface area contributed by atoms with Crippen LogP contribution in [0, 0.1) is 6.92 Å². The van der Waals surface area contributed by atoms with E-state index in [1.807, 2.05) is 27.0 Å². The predicted octanol–water partition coefficient (Wildman–Crippen LogP) is 1.56. The van der Waals surface area contributed by atoms with Gasteiger partial charge in [-0.15, -0.1) is 0 Å². The number of hydrogen-bond donors (Lipinski definition) is 2. The van der Waals surface area contributed by atoms with Gasteiger partial charge in [0.2, 0.25) is 10.0 Å². The summed E-state index contributed by atoms with van der Waals surface area (Å²) in [4.78, 5) is 0.364. The molecule has 118 valence electrons. The molecule has 1 fully saturated rings. The molecule has 0 amide bonds. The molecule has 0 bridgehead atoms. The molecule has 5 nitrogen and oxygen atoms in total. The van der Waals surface area contributed by atoms with Crippen LogP contribution in [0.3, 0.4) is 0 Å². The largest absolute Gasteiger partial charge is 0.381 e. The fourth-order valence-electron chi connectivity index (χ4n) is 2.64. The lowest BCUT2D eigenvalue weighted by atomic mass is 9.94. The first-order valence-electron chi connectivity index (χ1n) is 7.23. The van der Waals surface area contributed by atoms with Crippen LogP contribution < -0.4 is 10.0 Å². The third kappa shape index (κ3) is 3.83. The third-order valence-electron chi connectivity index (χ3n) is 4.03. The van der Waals surface area contributed by atoms with Crippen molar-refractivity contribution in [1.82, 2.24) is 10.0 Å². The second-order valence-corrected chi connectivity index (χ2v) is 7.50. The van der Waals surface area contributed by atoms with E-state index in [1.165, 1.54) is 0 Å². The van der Waals surface area contributed by atoms with E-state index in [9.17, 15) is 8.42 Å². The van der Waals surface area contributed by atoms with Crippen molar-refractivity contribution in [3.8, 4) is 0 Å². The molecule has 0 atom stereocenters. The van der Waals surface area contributed by atoms with Crippen LogP contribution in [-0.2, 0) is 21.3 Å². The molecule has 0 radical (unpaired) electrons. The van der Waals surface area contributed by atoms with Crippen LogP contribution in [0.2, 0.25) is 0 Å². The molecule has 1 saturated heterocycles. The summed E-state index contributed by atoms with van der Waals surface area (Å²) in [5.74, 6) is 0. The highest BCUT2D eigenvalue weighted by Crippen LogP contribution is 2.25. The fraction of sp³-hybridized carbons (Fsp3) is 0.600. The van der Waals surface area contributed by atoms with E-state index in [2.05, 4.69) is 10.0 Å². The normalized spacial score (nSPS) is 18.6. The Bertz CT molecular complexity index is 593. The van der Waals surface area contributed by atoms with Gasteiger partial charge < -0.3 is 10.1 Å². The van der Waals surface area contributed by atoms with Gasteiger partial charge in [-0.25, -0.2) is 13.1 Å². The number of benzene rings is 1. The summed E-state index contributed by atoms with van der Waals surface area (Å²) < 4.78 is 33.6. The highest BCUT2D eigenvalue weighted by Gasteiger charge is 2.33. The van der Waals surface area contributed by atoms with Gasteiger partial charge >= 0.3 is 0 Å². The molecule has 1 aromatic carbocycles. The van der Waals surface area contributed by atoms with Crippen LogP contribution in [0.5, 0.6) is 0 Å². The SMILES string of the molecule is CNCc1cccc(S(=O)(=O)NC2(C)CCOCC2)c1C. The zero-order valence-electron chi connectivity index (χ0n) is 12.9. The summed E-state index contributed by atoms with van der Waals surface area (Å²) in [5.41, 5.74) is 1.37. The lowest BCUT2D eigenvalue weighted by molar-refractivity contribution is 0.0537. The highest BCUT2D eigenvalue weighted by molar-refractivity contribution is 7.89. The van der Waals surface area contributed by atoms with E-state index >= 15 is 0 Å². The van der Waals surface area contributed by atoms with Crippen molar-refractivity contribution in [1.29, 1.82) is 0 Å². The second kappa shape index (κ2) is 6.44. The lowest BCUT2D eigenvalue weighted by Crippen LogP contribution is -2.49. The lowest BCUT2D eigenvalue weighted by Gasteiger charge is -2.34. The second-order valence-electron chi connectivity index (χ2n) is 5.85. The van der Waals surface area contributed by atoms with Gasteiger partial charge in [-0.1, -0.05) is 12.1 Å². The Labute approximate surface area is 127 Å². The van der Waals surface area contributed by atoms with Gasteiger partial charge in [-0.05, 0) is 50.9 Å². The van der Waals surface area contributed by atoms with Crippen molar-refractivity contribution < 1.29 is 13.2 Å². The van der Waals surface area contributed by atoms with Gasteiger partial charge in [-0.3, -0.25) is 0 Å². The van der Waals surface area contributed by atoms with Crippen molar-refractivity contribution in [3.63, 3.8) is 0 Å². The minimum atomic E-state index is -3.52. The van der Waals surface area contributed by atoms with Crippen molar-refractivity contribution >= 4 is 10.0 Å². The van der Waals surface area contributed by atoms with Crippen LogP contribution in [-0.4, -0.2) is 34.2 Å². The number of rotatable bonds is 5. The molecular formula is C15H24N2O3S. The maximum absolute atomic E-state index is 12.7. The third-order valence-corrected chi connectivity index (χ3v) is 5.81. The first-order chi connectivity index (χ1) is 9.88. The minimum Gasteiger partial charge on any atom is -0.381 e. The Hall–Kier alpha value is -0.950. The fourth-order valence-corrected chi connectivity index (χ4v) is 4.39. The molecule has 0 saturated carbocycles. The number of sulfonamides is 1. The van der Waals surface area contributed by atoms with E-state index in [0.29, 0.717) is 37.5 Å². The molecule has 0 spiro atoms. The Morgan fingerprint density at radius 3 is 2.57 bits per heavy atom. The molecule has 0 aliphatic carbocycles. The van der Waals surface area contributed by atoms with Crippen molar-refractivity contribution in [2.45, 2.75) is 43.7 Å². The maximum Gasteiger partial charge on any atom is 0.241 e. The average Bonchev–Trinajstić information content (AvgIpc) is 2.40. The minimum absolute atomic E-state index is 0.364. The summed E-state index contributed by atoms with van der Waals surface area (Å²) in [6.45, 7) is 5.64. The van der Waals surface area contributed by atoms with Gasteiger partial charge in [0.25, 0.3) is 0 Å². The summed E-state index contributed by atoms with van der Waals surface area (Å²) in [7, 11) is -1.67. The average molecular weight is 312 g/mol. The number of hydrogen-bond acceptors (Lipinski definition) is 4. The smallest absolute Gasteiger partial charge is 0.241 e. The monoisotopic (exact) mass is 312 g/mol. The summed E-state index contributed by atoms with van der Waals surface area (Å²) in [5, 5.41) is 3.06. The molecule has 1 heterocycles. The molecular weight excluding hydrogens is 288 g/mol. The maximum atomic E-state index is 12.7. The zero-order chi connectivity index (χ0) is 15.5. The number of nitrogens with one attached hydrogen (secondary N) is 2. The Kier molecular flexibility index (Phi) is 5.03. The molecule has 1 aromatic rings.